The minimum absolute atomic E-state index is 0.364. The molecule has 0 saturated heterocycles. The normalized spacial score (nSPS) is 13.1. The van der Waals surface area contributed by atoms with Crippen LogP contribution in [0.3, 0.4) is 0 Å². The molecule has 0 saturated carbocycles. The highest BCUT2D eigenvalue weighted by atomic mass is 15.2. The van der Waals surface area contributed by atoms with Crippen LogP contribution in [0.15, 0.2) is 0 Å². The minimum atomic E-state index is 0.364. The SMILES string of the molecule is CCN(C)C(C)(C)CC(C)C. The van der Waals surface area contributed by atoms with Crippen LogP contribution >= 0.6 is 0 Å². The lowest BCUT2D eigenvalue weighted by atomic mass is 9.91. The van der Waals surface area contributed by atoms with Gasteiger partial charge in [0.15, 0.2) is 0 Å². The summed E-state index contributed by atoms with van der Waals surface area (Å²) in [5, 5.41) is 0. The Bertz CT molecular complexity index is 105. The van der Waals surface area contributed by atoms with Gasteiger partial charge in [-0.2, -0.15) is 0 Å². The highest BCUT2D eigenvalue weighted by Crippen LogP contribution is 2.21. The van der Waals surface area contributed by atoms with Crippen LogP contribution < -0.4 is 0 Å². The monoisotopic (exact) mass is 157 g/mol. The highest BCUT2D eigenvalue weighted by Gasteiger charge is 2.22. The summed E-state index contributed by atoms with van der Waals surface area (Å²) >= 11 is 0. The van der Waals surface area contributed by atoms with Crippen LogP contribution in [-0.4, -0.2) is 24.0 Å². The van der Waals surface area contributed by atoms with E-state index in [9.17, 15) is 0 Å². The van der Waals surface area contributed by atoms with Gasteiger partial charge < -0.3 is 4.90 Å². The van der Waals surface area contributed by atoms with Crippen molar-refractivity contribution in [3.8, 4) is 0 Å². The van der Waals surface area contributed by atoms with E-state index < -0.39 is 0 Å². The molecule has 1 nitrogen and oxygen atoms in total. The van der Waals surface area contributed by atoms with Gasteiger partial charge in [0.05, 0.1) is 0 Å². The van der Waals surface area contributed by atoms with Crippen LogP contribution in [0.25, 0.3) is 0 Å². The highest BCUT2D eigenvalue weighted by molar-refractivity contribution is 4.79. The average Bonchev–Trinajstić information content (AvgIpc) is 1.83. The van der Waals surface area contributed by atoms with Crippen LogP contribution in [0.4, 0.5) is 0 Å². The van der Waals surface area contributed by atoms with Crippen molar-refractivity contribution in [1.29, 1.82) is 0 Å². The first kappa shape index (κ1) is 11.0. The average molecular weight is 157 g/mol. The molecule has 0 aromatic carbocycles. The summed E-state index contributed by atoms with van der Waals surface area (Å²) < 4.78 is 0. The molecule has 0 radical (unpaired) electrons. The molecule has 0 aromatic rings. The van der Waals surface area contributed by atoms with Crippen molar-refractivity contribution in [3.63, 3.8) is 0 Å². The van der Waals surface area contributed by atoms with Crippen LogP contribution in [0.2, 0.25) is 0 Å². The summed E-state index contributed by atoms with van der Waals surface area (Å²) in [6.45, 7) is 12.5. The van der Waals surface area contributed by atoms with Crippen molar-refractivity contribution < 1.29 is 0 Å². The number of rotatable bonds is 4. The second kappa shape index (κ2) is 4.10. The molecular weight excluding hydrogens is 134 g/mol. The zero-order chi connectivity index (χ0) is 9.07. The lowest BCUT2D eigenvalue weighted by Crippen LogP contribution is -2.41. The first-order valence-electron chi connectivity index (χ1n) is 4.61. The first-order chi connectivity index (χ1) is 4.90. The number of nitrogens with zero attached hydrogens (tertiary/aromatic N) is 1. The number of hydrogen-bond donors (Lipinski definition) is 0. The standard InChI is InChI=1S/C10H23N/c1-7-11(6)10(4,5)8-9(2)3/h9H,7-8H2,1-6H3. The molecule has 0 amide bonds. The van der Waals surface area contributed by atoms with E-state index >= 15 is 0 Å². The van der Waals surface area contributed by atoms with Gasteiger partial charge in [-0.05, 0) is 39.8 Å². The molecule has 0 spiro atoms. The Morgan fingerprint density at radius 1 is 1.27 bits per heavy atom. The molecule has 0 atom stereocenters. The fraction of sp³-hybridized carbons (Fsp3) is 1.00. The van der Waals surface area contributed by atoms with E-state index in [2.05, 4.69) is 46.6 Å². The summed E-state index contributed by atoms with van der Waals surface area (Å²) in [6, 6.07) is 0. The lowest BCUT2D eigenvalue weighted by molar-refractivity contribution is 0.137. The summed E-state index contributed by atoms with van der Waals surface area (Å²) in [7, 11) is 2.20. The Kier molecular flexibility index (Phi) is 4.09. The van der Waals surface area contributed by atoms with Crippen molar-refractivity contribution in [1.82, 2.24) is 4.90 Å². The first-order valence-corrected chi connectivity index (χ1v) is 4.61. The Morgan fingerprint density at radius 3 is 2.00 bits per heavy atom. The number of hydrogen-bond acceptors (Lipinski definition) is 1. The Hall–Kier alpha value is -0.0400. The van der Waals surface area contributed by atoms with Crippen LogP contribution in [0.5, 0.6) is 0 Å². The Balaban J connectivity index is 3.98. The van der Waals surface area contributed by atoms with Crippen molar-refractivity contribution in [2.75, 3.05) is 13.6 Å². The van der Waals surface area contributed by atoms with E-state index in [-0.39, 0.29) is 0 Å². The maximum Gasteiger partial charge on any atom is 0.0152 e. The zero-order valence-corrected chi connectivity index (χ0v) is 8.94. The maximum absolute atomic E-state index is 2.41. The third-order valence-corrected chi connectivity index (χ3v) is 2.42. The second-order valence-corrected chi connectivity index (χ2v) is 4.42. The largest absolute Gasteiger partial charge is 0.302 e. The predicted octanol–water partition coefficient (Wildman–Crippen LogP) is 2.76. The molecule has 0 aliphatic heterocycles. The van der Waals surface area contributed by atoms with E-state index in [1.165, 1.54) is 6.42 Å². The lowest BCUT2D eigenvalue weighted by Gasteiger charge is -2.36. The molecule has 0 heterocycles. The smallest absolute Gasteiger partial charge is 0.0152 e. The molecular formula is C10H23N. The molecule has 0 fully saturated rings. The third-order valence-electron chi connectivity index (χ3n) is 2.42. The predicted molar refractivity (Wildman–Crippen MR) is 51.8 cm³/mol. The topological polar surface area (TPSA) is 3.24 Å². The van der Waals surface area contributed by atoms with Gasteiger partial charge in [0, 0.05) is 5.54 Å². The van der Waals surface area contributed by atoms with Crippen molar-refractivity contribution in [3.05, 3.63) is 0 Å². The van der Waals surface area contributed by atoms with Gasteiger partial charge in [0.1, 0.15) is 0 Å². The van der Waals surface area contributed by atoms with Crippen LogP contribution in [0.1, 0.15) is 41.0 Å². The molecule has 0 bridgehead atoms. The molecule has 0 aliphatic rings. The van der Waals surface area contributed by atoms with Crippen molar-refractivity contribution in [2.45, 2.75) is 46.6 Å². The van der Waals surface area contributed by atoms with Crippen molar-refractivity contribution in [2.24, 2.45) is 5.92 Å². The van der Waals surface area contributed by atoms with E-state index in [1.54, 1.807) is 0 Å². The summed E-state index contributed by atoms with van der Waals surface area (Å²) in [4.78, 5) is 2.41. The molecule has 0 aliphatic carbocycles. The Morgan fingerprint density at radius 2 is 1.73 bits per heavy atom. The molecule has 0 unspecified atom stereocenters. The summed E-state index contributed by atoms with van der Waals surface area (Å²) in [5.74, 6) is 0.791. The van der Waals surface area contributed by atoms with Crippen molar-refractivity contribution >= 4 is 0 Å². The molecule has 0 rings (SSSR count). The summed E-state index contributed by atoms with van der Waals surface area (Å²) in [6.07, 6.45) is 1.28. The molecule has 0 aromatic heterocycles. The van der Waals surface area contributed by atoms with E-state index in [4.69, 9.17) is 0 Å². The van der Waals surface area contributed by atoms with Gasteiger partial charge in [-0.25, -0.2) is 0 Å². The second-order valence-electron chi connectivity index (χ2n) is 4.42. The van der Waals surface area contributed by atoms with E-state index in [1.807, 2.05) is 0 Å². The molecule has 68 valence electrons. The molecule has 11 heavy (non-hydrogen) atoms. The van der Waals surface area contributed by atoms with Gasteiger partial charge in [0.25, 0.3) is 0 Å². The fourth-order valence-corrected chi connectivity index (χ4v) is 1.58. The van der Waals surface area contributed by atoms with Crippen LogP contribution in [-0.2, 0) is 0 Å². The van der Waals surface area contributed by atoms with E-state index in [0.717, 1.165) is 12.5 Å². The minimum Gasteiger partial charge on any atom is -0.302 e. The molecule has 1 heteroatoms. The molecule has 0 N–H and O–H groups in total. The van der Waals surface area contributed by atoms with Gasteiger partial charge in [-0.15, -0.1) is 0 Å². The fourth-order valence-electron chi connectivity index (χ4n) is 1.58. The van der Waals surface area contributed by atoms with Crippen LogP contribution in [0, 0.1) is 5.92 Å². The summed E-state index contributed by atoms with van der Waals surface area (Å²) in [5.41, 5.74) is 0.364. The van der Waals surface area contributed by atoms with Gasteiger partial charge in [-0.1, -0.05) is 20.8 Å². The van der Waals surface area contributed by atoms with E-state index in [0.29, 0.717) is 5.54 Å². The van der Waals surface area contributed by atoms with Gasteiger partial charge in [-0.3, -0.25) is 0 Å². The maximum atomic E-state index is 2.41. The third kappa shape index (κ3) is 3.76. The Labute approximate surface area is 71.8 Å². The van der Waals surface area contributed by atoms with Gasteiger partial charge >= 0.3 is 0 Å². The zero-order valence-electron chi connectivity index (χ0n) is 8.94. The van der Waals surface area contributed by atoms with Gasteiger partial charge in [0.2, 0.25) is 0 Å². The quantitative estimate of drug-likeness (QED) is 0.606.